The van der Waals surface area contributed by atoms with Gasteiger partial charge in [0.2, 0.25) is 10.0 Å². The van der Waals surface area contributed by atoms with Crippen molar-refractivity contribution in [1.29, 1.82) is 5.26 Å². The summed E-state index contributed by atoms with van der Waals surface area (Å²) in [6.45, 7) is -2.95. The van der Waals surface area contributed by atoms with Gasteiger partial charge >= 0.3 is 6.61 Å². The van der Waals surface area contributed by atoms with Crippen molar-refractivity contribution in [1.82, 2.24) is 4.72 Å². The van der Waals surface area contributed by atoms with Gasteiger partial charge in [0, 0.05) is 0 Å². The highest BCUT2D eigenvalue weighted by Gasteiger charge is 2.23. The van der Waals surface area contributed by atoms with E-state index in [1.54, 1.807) is 30.3 Å². The molecule has 5 nitrogen and oxygen atoms in total. The normalized spacial score (nSPS) is 12.3. The Balaban J connectivity index is 1.97. The second kappa shape index (κ2) is 8.82. The van der Waals surface area contributed by atoms with Crippen LogP contribution in [0, 0.1) is 11.3 Å². The summed E-state index contributed by atoms with van der Waals surface area (Å²) in [7, 11) is -3.97. The number of rotatable bonds is 7. The summed E-state index contributed by atoms with van der Waals surface area (Å²) in [5.74, 6) is -0.0276. The van der Waals surface area contributed by atoms with Crippen LogP contribution in [0.2, 0.25) is 0 Å². The molecule has 0 aliphatic rings. The van der Waals surface area contributed by atoms with Crippen LogP contribution in [-0.4, -0.2) is 15.0 Å². The quantitative estimate of drug-likeness (QED) is 0.628. The molecule has 0 unspecified atom stereocenters. The van der Waals surface area contributed by atoms with Gasteiger partial charge in [-0.3, -0.25) is 0 Å². The highest BCUT2D eigenvalue weighted by Crippen LogP contribution is 2.27. The van der Waals surface area contributed by atoms with Crippen molar-refractivity contribution in [2.75, 3.05) is 0 Å². The van der Waals surface area contributed by atoms with Gasteiger partial charge in [-0.25, -0.2) is 8.42 Å². The zero-order valence-electron chi connectivity index (χ0n) is 15.0. The molecular formula is C21H16F2N2O3S. The Morgan fingerprint density at radius 2 is 1.55 bits per heavy atom. The van der Waals surface area contributed by atoms with Gasteiger partial charge in [-0.15, -0.1) is 0 Å². The average molecular weight is 414 g/mol. The van der Waals surface area contributed by atoms with Crippen LogP contribution in [0.1, 0.15) is 22.7 Å². The van der Waals surface area contributed by atoms with E-state index in [0.29, 0.717) is 11.1 Å². The Labute approximate surface area is 167 Å². The number of halogens is 2. The van der Waals surface area contributed by atoms with E-state index in [1.165, 1.54) is 48.5 Å². The van der Waals surface area contributed by atoms with Crippen LogP contribution < -0.4 is 9.46 Å². The highest BCUT2D eigenvalue weighted by atomic mass is 32.2. The van der Waals surface area contributed by atoms with E-state index in [9.17, 15) is 17.2 Å². The second-order valence-corrected chi connectivity index (χ2v) is 7.77. The van der Waals surface area contributed by atoms with E-state index in [0.717, 1.165) is 0 Å². The van der Waals surface area contributed by atoms with Crippen LogP contribution in [0.5, 0.6) is 5.75 Å². The van der Waals surface area contributed by atoms with E-state index in [4.69, 9.17) is 5.26 Å². The van der Waals surface area contributed by atoms with Crippen molar-refractivity contribution < 1.29 is 21.9 Å². The molecule has 3 rings (SSSR count). The second-order valence-electron chi connectivity index (χ2n) is 6.05. The molecule has 0 amide bonds. The summed E-state index contributed by atoms with van der Waals surface area (Å²) in [5, 5.41) is 9.02. The molecule has 0 aromatic heterocycles. The van der Waals surface area contributed by atoms with E-state index in [1.807, 2.05) is 6.07 Å². The fourth-order valence-electron chi connectivity index (χ4n) is 2.77. The highest BCUT2D eigenvalue weighted by molar-refractivity contribution is 7.89. The topological polar surface area (TPSA) is 79.2 Å². The number of hydrogen-bond acceptors (Lipinski definition) is 4. The van der Waals surface area contributed by atoms with Crippen molar-refractivity contribution in [3.8, 4) is 11.8 Å². The van der Waals surface area contributed by atoms with Gasteiger partial charge < -0.3 is 4.74 Å². The Hall–Kier alpha value is -3.28. The molecule has 29 heavy (non-hydrogen) atoms. The van der Waals surface area contributed by atoms with Crippen LogP contribution in [0.3, 0.4) is 0 Å². The summed E-state index contributed by atoms with van der Waals surface area (Å²) in [5.41, 5.74) is 1.42. The first-order chi connectivity index (χ1) is 13.9. The van der Waals surface area contributed by atoms with Crippen LogP contribution in [0.25, 0.3) is 0 Å². The first-order valence-corrected chi connectivity index (χ1v) is 9.99. The monoisotopic (exact) mass is 414 g/mol. The molecule has 0 aliphatic carbocycles. The SMILES string of the molecule is N#Cc1cccc(S(=O)(=O)N[C@H](c2ccccc2)c2ccc(OC(F)F)cc2)c1. The molecule has 8 heteroatoms. The molecule has 0 radical (unpaired) electrons. The third kappa shape index (κ3) is 5.16. The zero-order valence-corrected chi connectivity index (χ0v) is 15.8. The molecule has 0 saturated heterocycles. The molecule has 1 N–H and O–H groups in total. The lowest BCUT2D eigenvalue weighted by Crippen LogP contribution is -2.29. The summed E-state index contributed by atoms with van der Waals surface area (Å²) in [4.78, 5) is -0.0462. The molecule has 3 aromatic rings. The summed E-state index contributed by atoms with van der Waals surface area (Å²) in [6.07, 6.45) is 0. The van der Waals surface area contributed by atoms with Crippen LogP contribution >= 0.6 is 0 Å². The molecule has 148 valence electrons. The van der Waals surface area contributed by atoms with Crippen molar-refractivity contribution in [3.05, 3.63) is 95.6 Å². The number of ether oxygens (including phenoxy) is 1. The molecule has 0 spiro atoms. The maximum atomic E-state index is 12.9. The summed E-state index contributed by atoms with van der Waals surface area (Å²) in [6, 6.07) is 21.4. The first kappa shape index (κ1) is 20.5. The van der Waals surface area contributed by atoms with Gasteiger partial charge in [-0.1, -0.05) is 48.5 Å². The molecular weight excluding hydrogens is 398 g/mol. The van der Waals surface area contributed by atoms with Crippen molar-refractivity contribution in [2.24, 2.45) is 0 Å². The minimum absolute atomic E-state index is 0.0276. The van der Waals surface area contributed by atoms with Crippen molar-refractivity contribution in [2.45, 2.75) is 17.5 Å². The van der Waals surface area contributed by atoms with E-state index >= 15 is 0 Å². The number of nitrogens with zero attached hydrogens (tertiary/aromatic N) is 1. The first-order valence-electron chi connectivity index (χ1n) is 8.51. The van der Waals surface area contributed by atoms with Gasteiger partial charge in [0.15, 0.2) is 0 Å². The minimum Gasteiger partial charge on any atom is -0.435 e. The number of nitrogens with one attached hydrogen (secondary N) is 1. The van der Waals surface area contributed by atoms with Gasteiger partial charge in [0.1, 0.15) is 5.75 Å². The number of hydrogen-bond donors (Lipinski definition) is 1. The number of alkyl halides is 2. The molecule has 1 atom stereocenters. The van der Waals surface area contributed by atoms with Gasteiger partial charge in [0.05, 0.1) is 22.6 Å². The standard InChI is InChI=1S/C21H16F2N2O3S/c22-21(23)28-18-11-9-17(10-12-18)20(16-6-2-1-3-7-16)25-29(26,27)19-8-4-5-15(13-19)14-24/h1-13,20-21,25H/t20-/m1/s1. The Morgan fingerprint density at radius 1 is 0.897 bits per heavy atom. The van der Waals surface area contributed by atoms with E-state index in [2.05, 4.69) is 9.46 Å². The lowest BCUT2D eigenvalue weighted by atomic mass is 10.00. The fourth-order valence-corrected chi connectivity index (χ4v) is 4.03. The maximum absolute atomic E-state index is 12.9. The van der Waals surface area contributed by atoms with Crippen molar-refractivity contribution in [3.63, 3.8) is 0 Å². The summed E-state index contributed by atoms with van der Waals surface area (Å²) < 4.78 is 57.6. The van der Waals surface area contributed by atoms with Gasteiger partial charge in [-0.05, 0) is 41.5 Å². The van der Waals surface area contributed by atoms with Crippen LogP contribution in [-0.2, 0) is 10.0 Å². The van der Waals surface area contributed by atoms with E-state index in [-0.39, 0.29) is 16.2 Å². The Kier molecular flexibility index (Phi) is 6.22. The molecule has 0 fully saturated rings. The lowest BCUT2D eigenvalue weighted by Gasteiger charge is -2.20. The summed E-state index contributed by atoms with van der Waals surface area (Å²) >= 11 is 0. The van der Waals surface area contributed by atoms with Crippen molar-refractivity contribution >= 4 is 10.0 Å². The van der Waals surface area contributed by atoms with Gasteiger partial charge in [0.25, 0.3) is 0 Å². The number of sulfonamides is 1. The zero-order chi connectivity index (χ0) is 20.9. The average Bonchev–Trinajstić information content (AvgIpc) is 2.73. The molecule has 0 bridgehead atoms. The number of nitriles is 1. The van der Waals surface area contributed by atoms with E-state index < -0.39 is 22.7 Å². The Bertz CT molecular complexity index is 1110. The van der Waals surface area contributed by atoms with Crippen LogP contribution in [0.15, 0.2) is 83.8 Å². The molecule has 0 saturated carbocycles. The molecule has 0 aliphatic heterocycles. The van der Waals surface area contributed by atoms with Crippen LogP contribution in [0.4, 0.5) is 8.78 Å². The number of benzene rings is 3. The maximum Gasteiger partial charge on any atom is 0.387 e. The minimum atomic E-state index is -3.97. The predicted molar refractivity (Wildman–Crippen MR) is 103 cm³/mol. The smallest absolute Gasteiger partial charge is 0.387 e. The third-order valence-electron chi connectivity index (χ3n) is 4.12. The largest absolute Gasteiger partial charge is 0.435 e. The fraction of sp³-hybridized carbons (Fsp3) is 0.0952. The molecule has 0 heterocycles. The molecule has 3 aromatic carbocycles. The third-order valence-corrected chi connectivity index (χ3v) is 5.54. The predicted octanol–water partition coefficient (Wildman–Crippen LogP) is 4.23. The van der Waals surface area contributed by atoms with Gasteiger partial charge in [-0.2, -0.15) is 18.8 Å². The lowest BCUT2D eigenvalue weighted by molar-refractivity contribution is -0.0498. The Morgan fingerprint density at radius 3 is 2.17 bits per heavy atom.